The Labute approximate surface area is 175 Å². The highest BCUT2D eigenvalue weighted by Gasteiger charge is 2.18. The number of rotatable bonds is 6. The molecule has 0 unspecified atom stereocenters. The van der Waals surface area contributed by atoms with Crippen LogP contribution in [0.4, 0.5) is 5.69 Å². The van der Waals surface area contributed by atoms with E-state index in [9.17, 15) is 4.79 Å². The van der Waals surface area contributed by atoms with E-state index in [4.69, 9.17) is 4.74 Å². The summed E-state index contributed by atoms with van der Waals surface area (Å²) in [6, 6.07) is 15.7. The van der Waals surface area contributed by atoms with Crippen LogP contribution < -0.4 is 10.1 Å². The molecule has 29 heavy (non-hydrogen) atoms. The van der Waals surface area contributed by atoms with Crippen molar-refractivity contribution in [1.82, 2.24) is 14.8 Å². The fourth-order valence-corrected chi connectivity index (χ4v) is 3.70. The molecular weight excluding hydrogens is 384 g/mol. The maximum atomic E-state index is 12.6. The van der Waals surface area contributed by atoms with Crippen molar-refractivity contribution in [3.05, 3.63) is 59.9 Å². The van der Waals surface area contributed by atoms with E-state index in [-0.39, 0.29) is 17.1 Å². The van der Waals surface area contributed by atoms with Gasteiger partial charge in [-0.05, 0) is 42.2 Å². The van der Waals surface area contributed by atoms with E-state index in [1.54, 1.807) is 7.11 Å². The highest BCUT2D eigenvalue weighted by Crippen LogP contribution is 2.31. The van der Waals surface area contributed by atoms with E-state index in [1.807, 2.05) is 60.0 Å². The van der Waals surface area contributed by atoms with Gasteiger partial charge in [0.25, 0.3) is 0 Å². The van der Waals surface area contributed by atoms with Gasteiger partial charge in [-0.25, -0.2) is 0 Å². The van der Waals surface area contributed by atoms with Crippen molar-refractivity contribution in [2.45, 2.75) is 38.3 Å². The molecule has 1 aromatic heterocycles. The molecule has 1 amide bonds. The van der Waals surface area contributed by atoms with Crippen LogP contribution in [0, 0.1) is 6.92 Å². The molecule has 0 aliphatic rings. The van der Waals surface area contributed by atoms with Crippen molar-refractivity contribution < 1.29 is 9.53 Å². The molecule has 0 bridgehead atoms. The number of amides is 1. The molecule has 0 atom stereocenters. The van der Waals surface area contributed by atoms with Gasteiger partial charge in [0.05, 0.1) is 18.6 Å². The van der Waals surface area contributed by atoms with Gasteiger partial charge in [-0.15, -0.1) is 10.2 Å². The zero-order chi connectivity index (χ0) is 21.0. The number of anilines is 1. The highest BCUT2D eigenvalue weighted by molar-refractivity contribution is 7.99. The number of nitrogens with one attached hydrogen (secondary N) is 1. The van der Waals surface area contributed by atoms with Gasteiger partial charge < -0.3 is 10.1 Å². The zero-order valence-corrected chi connectivity index (χ0v) is 18.2. The predicted octanol–water partition coefficient (Wildman–Crippen LogP) is 4.61. The molecule has 0 fully saturated rings. The summed E-state index contributed by atoms with van der Waals surface area (Å²) in [7, 11) is 1.60. The number of para-hydroxylation sites is 1. The second-order valence-corrected chi connectivity index (χ2v) is 8.65. The van der Waals surface area contributed by atoms with Crippen LogP contribution in [0.25, 0.3) is 5.69 Å². The van der Waals surface area contributed by atoms with Crippen molar-refractivity contribution in [3.63, 3.8) is 0 Å². The lowest BCUT2D eigenvalue weighted by Crippen LogP contribution is -2.17. The quantitative estimate of drug-likeness (QED) is 0.601. The van der Waals surface area contributed by atoms with Crippen LogP contribution in [0.1, 0.15) is 32.2 Å². The first kappa shape index (κ1) is 20.9. The van der Waals surface area contributed by atoms with Gasteiger partial charge in [0, 0.05) is 5.69 Å². The number of aromatic nitrogens is 3. The Balaban J connectivity index is 1.73. The van der Waals surface area contributed by atoms with E-state index in [0.29, 0.717) is 16.6 Å². The first-order valence-corrected chi connectivity index (χ1v) is 10.4. The van der Waals surface area contributed by atoms with Crippen molar-refractivity contribution >= 4 is 23.4 Å². The summed E-state index contributed by atoms with van der Waals surface area (Å²) in [4.78, 5) is 12.6. The standard InChI is InChI=1S/C22H26N4O2S/c1-15-24-25-21(26(15)17-9-7-6-8-10-17)29-14-20(27)23-18-13-16(22(2,3)4)11-12-19(18)28-5/h6-13H,14H2,1-5H3,(H,23,27). The number of carbonyl (C=O) groups is 1. The smallest absolute Gasteiger partial charge is 0.234 e. The molecule has 1 heterocycles. The van der Waals surface area contributed by atoms with Crippen LogP contribution >= 0.6 is 11.8 Å². The van der Waals surface area contributed by atoms with Crippen molar-refractivity contribution in [1.29, 1.82) is 0 Å². The Morgan fingerprint density at radius 1 is 1.14 bits per heavy atom. The number of aryl methyl sites for hydroxylation is 1. The van der Waals surface area contributed by atoms with Crippen molar-refractivity contribution in [3.8, 4) is 11.4 Å². The summed E-state index contributed by atoms with van der Waals surface area (Å²) in [5.74, 6) is 1.51. The van der Waals surface area contributed by atoms with E-state index in [2.05, 4.69) is 36.3 Å². The molecule has 3 aromatic rings. The first-order valence-electron chi connectivity index (χ1n) is 9.38. The fourth-order valence-electron chi connectivity index (χ4n) is 2.90. The number of ether oxygens (including phenoxy) is 1. The molecule has 0 saturated carbocycles. The number of methoxy groups -OCH3 is 1. The summed E-state index contributed by atoms with van der Waals surface area (Å²) in [6.45, 7) is 8.30. The highest BCUT2D eigenvalue weighted by atomic mass is 32.2. The van der Waals surface area contributed by atoms with Crippen LogP contribution in [-0.2, 0) is 10.2 Å². The zero-order valence-electron chi connectivity index (χ0n) is 17.4. The van der Waals surface area contributed by atoms with Crippen molar-refractivity contribution in [2.75, 3.05) is 18.2 Å². The maximum absolute atomic E-state index is 12.6. The van der Waals surface area contributed by atoms with E-state index < -0.39 is 0 Å². The molecule has 0 radical (unpaired) electrons. The largest absolute Gasteiger partial charge is 0.495 e. The third kappa shape index (κ3) is 4.98. The average molecular weight is 411 g/mol. The summed E-state index contributed by atoms with van der Waals surface area (Å²) in [5.41, 5.74) is 2.74. The summed E-state index contributed by atoms with van der Waals surface area (Å²) < 4.78 is 7.35. The van der Waals surface area contributed by atoms with Gasteiger partial charge in [0.1, 0.15) is 11.6 Å². The average Bonchev–Trinajstić information content (AvgIpc) is 3.06. The van der Waals surface area contributed by atoms with E-state index in [1.165, 1.54) is 11.8 Å². The van der Waals surface area contributed by atoms with Gasteiger partial charge in [0.2, 0.25) is 5.91 Å². The van der Waals surface area contributed by atoms with Crippen LogP contribution in [-0.4, -0.2) is 33.5 Å². The SMILES string of the molecule is COc1ccc(C(C)(C)C)cc1NC(=O)CSc1nnc(C)n1-c1ccccc1. The molecule has 1 N–H and O–H groups in total. The molecular formula is C22H26N4O2S. The molecule has 0 spiro atoms. The minimum Gasteiger partial charge on any atom is -0.495 e. The van der Waals surface area contributed by atoms with Crippen LogP contribution in [0.2, 0.25) is 0 Å². The number of thioether (sulfide) groups is 1. The fraction of sp³-hybridized carbons (Fsp3) is 0.318. The number of carbonyl (C=O) groups excluding carboxylic acids is 1. The number of hydrogen-bond acceptors (Lipinski definition) is 5. The van der Waals surface area contributed by atoms with Gasteiger partial charge in [-0.1, -0.05) is 56.8 Å². The Morgan fingerprint density at radius 2 is 1.86 bits per heavy atom. The Bertz CT molecular complexity index is 994. The molecule has 6 nitrogen and oxygen atoms in total. The molecule has 7 heteroatoms. The van der Waals surface area contributed by atoms with Gasteiger partial charge in [-0.3, -0.25) is 9.36 Å². The van der Waals surface area contributed by atoms with Crippen LogP contribution in [0.3, 0.4) is 0 Å². The Hall–Kier alpha value is -2.80. The predicted molar refractivity (Wildman–Crippen MR) is 117 cm³/mol. The Kier molecular flexibility index (Phi) is 6.27. The molecule has 0 saturated heterocycles. The molecule has 152 valence electrons. The van der Waals surface area contributed by atoms with Gasteiger partial charge >= 0.3 is 0 Å². The third-order valence-corrected chi connectivity index (χ3v) is 5.41. The second-order valence-electron chi connectivity index (χ2n) is 7.70. The second kappa shape index (κ2) is 8.69. The third-order valence-electron chi connectivity index (χ3n) is 4.48. The number of nitrogens with zero attached hydrogens (tertiary/aromatic N) is 3. The van der Waals surface area contributed by atoms with Crippen LogP contribution in [0.15, 0.2) is 53.7 Å². The van der Waals surface area contributed by atoms with Crippen LogP contribution in [0.5, 0.6) is 5.75 Å². The lowest BCUT2D eigenvalue weighted by Gasteiger charge is -2.21. The number of hydrogen-bond donors (Lipinski definition) is 1. The molecule has 0 aliphatic carbocycles. The molecule has 3 rings (SSSR count). The minimum absolute atomic E-state index is 0.0237. The van der Waals surface area contributed by atoms with Crippen molar-refractivity contribution in [2.24, 2.45) is 0 Å². The van der Waals surface area contributed by atoms with Gasteiger partial charge in [0.15, 0.2) is 5.16 Å². The summed E-state index contributed by atoms with van der Waals surface area (Å²) in [5, 5.41) is 12.0. The maximum Gasteiger partial charge on any atom is 0.234 e. The topological polar surface area (TPSA) is 69.0 Å². The Morgan fingerprint density at radius 3 is 2.52 bits per heavy atom. The lowest BCUT2D eigenvalue weighted by atomic mass is 9.87. The normalized spacial score (nSPS) is 11.3. The molecule has 2 aromatic carbocycles. The lowest BCUT2D eigenvalue weighted by molar-refractivity contribution is -0.113. The summed E-state index contributed by atoms with van der Waals surface area (Å²) in [6.07, 6.45) is 0. The van der Waals surface area contributed by atoms with E-state index >= 15 is 0 Å². The van der Waals surface area contributed by atoms with Gasteiger partial charge in [-0.2, -0.15) is 0 Å². The first-order chi connectivity index (χ1) is 13.8. The molecule has 0 aliphatic heterocycles. The minimum atomic E-state index is -0.125. The number of benzene rings is 2. The monoisotopic (exact) mass is 410 g/mol. The summed E-state index contributed by atoms with van der Waals surface area (Å²) >= 11 is 1.35. The van der Waals surface area contributed by atoms with E-state index in [0.717, 1.165) is 17.1 Å².